The van der Waals surface area contributed by atoms with Gasteiger partial charge in [-0.25, -0.2) is 0 Å². The van der Waals surface area contributed by atoms with Crippen LogP contribution >= 0.6 is 0 Å². The van der Waals surface area contributed by atoms with Crippen LogP contribution in [-0.2, 0) is 0 Å². The predicted molar refractivity (Wildman–Crippen MR) is 79.6 cm³/mol. The Kier molecular flexibility index (Phi) is 3.82. The minimum atomic E-state index is 0.414. The molecule has 1 saturated carbocycles. The molecule has 0 bridgehead atoms. The molecule has 0 aromatic rings. The van der Waals surface area contributed by atoms with Crippen LogP contribution in [0, 0.1) is 11.3 Å². The van der Waals surface area contributed by atoms with Crippen LogP contribution in [0.2, 0.25) is 0 Å². The van der Waals surface area contributed by atoms with Crippen molar-refractivity contribution in [3.05, 3.63) is 34.9 Å². The summed E-state index contributed by atoms with van der Waals surface area (Å²) < 4.78 is 0. The summed E-state index contributed by atoms with van der Waals surface area (Å²) in [4.78, 5) is 0. The maximum atomic E-state index is 4.16. The molecule has 0 heterocycles. The molecule has 0 radical (unpaired) electrons. The van der Waals surface area contributed by atoms with Crippen molar-refractivity contribution in [1.82, 2.24) is 5.32 Å². The topological polar surface area (TPSA) is 12.0 Å². The van der Waals surface area contributed by atoms with E-state index in [2.05, 4.69) is 38.7 Å². The Morgan fingerprint density at radius 2 is 2.28 bits per heavy atom. The zero-order valence-corrected chi connectivity index (χ0v) is 12.4. The van der Waals surface area contributed by atoms with E-state index < -0.39 is 0 Å². The van der Waals surface area contributed by atoms with Crippen LogP contribution in [-0.4, -0.2) is 13.6 Å². The molecular weight excluding hydrogens is 218 g/mol. The first-order chi connectivity index (χ1) is 8.46. The quantitative estimate of drug-likeness (QED) is 0.734. The first-order valence-corrected chi connectivity index (χ1v) is 7.16. The predicted octanol–water partition coefficient (Wildman–Crippen LogP) is 4.23. The molecule has 2 aliphatic rings. The Balaban J connectivity index is 2.28. The summed E-state index contributed by atoms with van der Waals surface area (Å²) in [6.45, 7) is 12.1. The molecule has 100 valence electrons. The second-order valence-corrected chi connectivity index (χ2v) is 6.52. The number of hydrogen-bond donors (Lipinski definition) is 1. The summed E-state index contributed by atoms with van der Waals surface area (Å²) in [6, 6.07) is 0. The van der Waals surface area contributed by atoms with Gasteiger partial charge in [-0.15, -0.1) is 0 Å². The highest BCUT2D eigenvalue weighted by Crippen LogP contribution is 2.51. The molecule has 0 aromatic heterocycles. The maximum absolute atomic E-state index is 4.16. The number of rotatable bonds is 3. The molecule has 1 nitrogen and oxygen atoms in total. The van der Waals surface area contributed by atoms with Gasteiger partial charge in [-0.2, -0.15) is 0 Å². The fourth-order valence-electron chi connectivity index (χ4n) is 3.78. The molecule has 0 spiro atoms. The first-order valence-electron chi connectivity index (χ1n) is 7.16. The van der Waals surface area contributed by atoms with Crippen molar-refractivity contribution in [3.8, 4) is 0 Å². The van der Waals surface area contributed by atoms with E-state index in [1.165, 1.54) is 36.8 Å². The second-order valence-electron chi connectivity index (χ2n) is 6.52. The largest absolute Gasteiger partial charge is 0.316 e. The Labute approximate surface area is 112 Å². The van der Waals surface area contributed by atoms with E-state index in [1.807, 2.05) is 7.05 Å². The minimum Gasteiger partial charge on any atom is -0.316 e. The van der Waals surface area contributed by atoms with Crippen LogP contribution < -0.4 is 5.32 Å². The van der Waals surface area contributed by atoms with Gasteiger partial charge in [-0.1, -0.05) is 41.9 Å². The van der Waals surface area contributed by atoms with Crippen molar-refractivity contribution in [2.45, 2.75) is 46.5 Å². The lowest BCUT2D eigenvalue weighted by atomic mass is 9.61. The third kappa shape index (κ3) is 2.47. The van der Waals surface area contributed by atoms with Gasteiger partial charge in [-0.05, 0) is 57.9 Å². The Morgan fingerprint density at radius 3 is 2.89 bits per heavy atom. The summed E-state index contributed by atoms with van der Waals surface area (Å²) in [5, 5.41) is 3.29. The van der Waals surface area contributed by atoms with Gasteiger partial charge in [-0.3, -0.25) is 0 Å². The van der Waals surface area contributed by atoms with E-state index in [0.29, 0.717) is 11.3 Å². The third-order valence-corrected chi connectivity index (χ3v) is 4.84. The average Bonchev–Trinajstić information content (AvgIpc) is 2.28. The number of fused-ring (bicyclic) bond motifs is 1. The Bertz CT molecular complexity index is 413. The average molecular weight is 245 g/mol. The van der Waals surface area contributed by atoms with Crippen molar-refractivity contribution in [1.29, 1.82) is 0 Å². The van der Waals surface area contributed by atoms with Crippen molar-refractivity contribution < 1.29 is 0 Å². The van der Waals surface area contributed by atoms with E-state index in [0.717, 1.165) is 6.54 Å². The van der Waals surface area contributed by atoms with Gasteiger partial charge in [0.2, 0.25) is 0 Å². The van der Waals surface area contributed by atoms with Gasteiger partial charge in [0.25, 0.3) is 0 Å². The normalized spacial score (nSPS) is 32.0. The zero-order chi connectivity index (χ0) is 13.3. The molecule has 0 aromatic carbocycles. The lowest BCUT2D eigenvalue weighted by molar-refractivity contribution is 0.258. The number of hydrogen-bond acceptors (Lipinski definition) is 1. The summed E-state index contributed by atoms with van der Waals surface area (Å²) >= 11 is 0. The van der Waals surface area contributed by atoms with Crippen LogP contribution in [0.3, 0.4) is 0 Å². The molecule has 0 amide bonds. The van der Waals surface area contributed by atoms with Crippen LogP contribution in [0.15, 0.2) is 34.9 Å². The van der Waals surface area contributed by atoms with Crippen molar-refractivity contribution in [3.63, 3.8) is 0 Å². The Morgan fingerprint density at radius 1 is 1.56 bits per heavy atom. The van der Waals surface area contributed by atoms with Crippen LogP contribution in [0.1, 0.15) is 46.5 Å². The van der Waals surface area contributed by atoms with E-state index in [1.54, 1.807) is 11.1 Å². The summed E-state index contributed by atoms with van der Waals surface area (Å²) in [5.41, 5.74) is 6.55. The summed E-state index contributed by atoms with van der Waals surface area (Å²) in [5.74, 6) is 0.710. The molecule has 2 atom stereocenters. The van der Waals surface area contributed by atoms with E-state index in [-0.39, 0.29) is 0 Å². The molecule has 0 aliphatic heterocycles. The molecule has 1 heteroatoms. The van der Waals surface area contributed by atoms with Crippen LogP contribution in [0.4, 0.5) is 0 Å². The fraction of sp³-hybridized carbons (Fsp3) is 0.647. The van der Waals surface area contributed by atoms with Gasteiger partial charge < -0.3 is 5.32 Å². The van der Waals surface area contributed by atoms with Gasteiger partial charge in [0.05, 0.1) is 0 Å². The summed E-state index contributed by atoms with van der Waals surface area (Å²) in [6.07, 6.45) is 7.52. The maximum Gasteiger partial charge on any atom is 0.0165 e. The highest BCUT2D eigenvalue weighted by molar-refractivity contribution is 5.39. The lowest BCUT2D eigenvalue weighted by Crippen LogP contribution is -2.32. The van der Waals surface area contributed by atoms with E-state index >= 15 is 0 Å². The van der Waals surface area contributed by atoms with Gasteiger partial charge >= 0.3 is 0 Å². The zero-order valence-electron chi connectivity index (χ0n) is 12.4. The monoisotopic (exact) mass is 245 g/mol. The highest BCUT2D eigenvalue weighted by atomic mass is 14.8. The number of allylic oxidation sites excluding steroid dienone is 4. The number of nitrogens with one attached hydrogen (secondary N) is 1. The minimum absolute atomic E-state index is 0.414. The van der Waals surface area contributed by atoms with Crippen LogP contribution in [0.5, 0.6) is 0 Å². The first kappa shape index (κ1) is 13.6. The smallest absolute Gasteiger partial charge is 0.0165 e. The van der Waals surface area contributed by atoms with Gasteiger partial charge in [0, 0.05) is 6.54 Å². The standard InChI is InChI=1S/C17H27N/c1-12(2)15-6-7-17(4)10-14(11-18-5)8-13(3)16(17)9-15/h8,15,18H,1,6-7,9-11H2,2-5H3/t15-,17+/m1/s1. The molecule has 0 saturated heterocycles. The molecule has 2 rings (SSSR count). The van der Waals surface area contributed by atoms with E-state index in [9.17, 15) is 0 Å². The fourth-order valence-corrected chi connectivity index (χ4v) is 3.78. The molecule has 0 unspecified atom stereocenters. The molecule has 1 N–H and O–H groups in total. The van der Waals surface area contributed by atoms with Crippen molar-refractivity contribution in [2.75, 3.05) is 13.6 Å². The third-order valence-electron chi connectivity index (χ3n) is 4.84. The molecular formula is C17H27N. The molecule has 2 aliphatic carbocycles. The van der Waals surface area contributed by atoms with Gasteiger partial charge in [0.15, 0.2) is 0 Å². The lowest BCUT2D eigenvalue weighted by Gasteiger charge is -2.44. The van der Waals surface area contributed by atoms with E-state index in [4.69, 9.17) is 0 Å². The van der Waals surface area contributed by atoms with Crippen molar-refractivity contribution in [2.24, 2.45) is 11.3 Å². The number of likely N-dealkylation sites (N-methyl/N-ethyl adjacent to an activating group) is 1. The van der Waals surface area contributed by atoms with Gasteiger partial charge in [0.1, 0.15) is 0 Å². The highest BCUT2D eigenvalue weighted by Gasteiger charge is 2.38. The SMILES string of the molecule is C=C(C)[C@@H]1CC[C@@]2(C)CC(CNC)=CC(C)=C2C1. The summed E-state index contributed by atoms with van der Waals surface area (Å²) in [7, 11) is 2.04. The molecule has 1 fully saturated rings. The Hall–Kier alpha value is -0.820. The van der Waals surface area contributed by atoms with Crippen molar-refractivity contribution >= 4 is 0 Å². The van der Waals surface area contributed by atoms with Crippen LogP contribution in [0.25, 0.3) is 0 Å². The second kappa shape index (κ2) is 5.05. The molecule has 18 heavy (non-hydrogen) atoms.